The number of aryl methyl sites for hydroxylation is 1. The fraction of sp³-hybridized carbons (Fsp3) is 0.444. The molecule has 9 heteroatoms. The summed E-state index contributed by atoms with van der Waals surface area (Å²) in [6, 6.07) is 6.83. The van der Waals surface area contributed by atoms with Gasteiger partial charge < -0.3 is 10.2 Å². The molecule has 27 heavy (non-hydrogen) atoms. The maximum atomic E-state index is 12.9. The van der Waals surface area contributed by atoms with Gasteiger partial charge in [-0.25, -0.2) is 9.78 Å². The molecule has 1 N–H and O–H groups in total. The Balaban J connectivity index is 1.61. The van der Waals surface area contributed by atoms with Crippen LogP contribution in [0.2, 0.25) is 5.02 Å². The third-order valence-corrected chi connectivity index (χ3v) is 5.74. The molecule has 1 atom stereocenters. The number of nitrogens with one attached hydrogen (secondary N) is 1. The lowest BCUT2D eigenvalue weighted by atomic mass is 9.98. The smallest absolute Gasteiger partial charge is 0.331 e. The highest BCUT2D eigenvalue weighted by Gasteiger charge is 2.42. The number of benzene rings is 1. The zero-order valence-electron chi connectivity index (χ0n) is 14.6. The first kappa shape index (κ1) is 19.9. The number of alkyl halides is 3. The Bertz CT molecular complexity index is 807. The summed E-state index contributed by atoms with van der Waals surface area (Å²) in [7, 11) is 0. The van der Waals surface area contributed by atoms with Gasteiger partial charge in [0.05, 0.1) is 18.2 Å². The fourth-order valence-corrected chi connectivity index (χ4v) is 4.12. The van der Waals surface area contributed by atoms with E-state index in [1.165, 1.54) is 16.2 Å². The topological polar surface area (TPSA) is 45.2 Å². The third kappa shape index (κ3) is 4.93. The summed E-state index contributed by atoms with van der Waals surface area (Å²) in [5.74, 6) is -1.45. The van der Waals surface area contributed by atoms with Gasteiger partial charge in [0, 0.05) is 28.6 Å². The number of hydrogen-bond acceptors (Lipinski definition) is 3. The molecule has 2 heterocycles. The zero-order chi connectivity index (χ0) is 19.6. The Labute approximate surface area is 164 Å². The molecule has 0 bridgehead atoms. The average molecular weight is 418 g/mol. The number of rotatable bonds is 3. The number of likely N-dealkylation sites (tertiary alicyclic amines) is 1. The van der Waals surface area contributed by atoms with Crippen LogP contribution in [0.3, 0.4) is 0 Å². The summed E-state index contributed by atoms with van der Waals surface area (Å²) in [5.41, 5.74) is 1.74. The van der Waals surface area contributed by atoms with E-state index in [4.69, 9.17) is 11.6 Å². The first-order valence-electron chi connectivity index (χ1n) is 8.56. The van der Waals surface area contributed by atoms with Crippen molar-refractivity contribution in [3.63, 3.8) is 0 Å². The number of carbonyl (C=O) groups excluding carboxylic acids is 1. The number of piperidine rings is 1. The number of aromatic nitrogens is 1. The van der Waals surface area contributed by atoms with Crippen LogP contribution >= 0.6 is 22.9 Å². The van der Waals surface area contributed by atoms with Crippen LogP contribution in [-0.2, 0) is 6.54 Å². The predicted octanol–water partition coefficient (Wildman–Crippen LogP) is 5.26. The van der Waals surface area contributed by atoms with Gasteiger partial charge in [-0.05, 0) is 31.9 Å². The number of halogens is 4. The molecule has 1 saturated heterocycles. The Morgan fingerprint density at radius 1 is 1.37 bits per heavy atom. The SMILES string of the molecule is Cc1sc(CNC(=O)N2CCC[C@H](C(F)(F)F)C2)nc1-c1ccc(Cl)cc1. The van der Waals surface area contributed by atoms with Gasteiger partial charge in [0.1, 0.15) is 5.01 Å². The Hall–Kier alpha value is -1.80. The second-order valence-corrected chi connectivity index (χ2v) is 8.23. The monoisotopic (exact) mass is 417 g/mol. The molecule has 0 radical (unpaired) electrons. The first-order chi connectivity index (χ1) is 12.7. The summed E-state index contributed by atoms with van der Waals surface area (Å²) in [5, 5.41) is 4.03. The van der Waals surface area contributed by atoms with E-state index in [1.807, 2.05) is 19.1 Å². The zero-order valence-corrected chi connectivity index (χ0v) is 16.2. The van der Waals surface area contributed by atoms with Crippen molar-refractivity contribution in [3.05, 3.63) is 39.2 Å². The van der Waals surface area contributed by atoms with Crippen molar-refractivity contribution in [2.24, 2.45) is 5.92 Å². The number of hydrogen-bond donors (Lipinski definition) is 1. The Morgan fingerprint density at radius 2 is 2.07 bits per heavy atom. The quantitative estimate of drug-likeness (QED) is 0.740. The van der Waals surface area contributed by atoms with Gasteiger partial charge in [-0.3, -0.25) is 0 Å². The molecule has 1 aliphatic heterocycles. The molecule has 4 nitrogen and oxygen atoms in total. The molecule has 1 fully saturated rings. The maximum Gasteiger partial charge on any atom is 0.393 e. The Morgan fingerprint density at radius 3 is 2.74 bits per heavy atom. The highest BCUT2D eigenvalue weighted by molar-refractivity contribution is 7.12. The van der Waals surface area contributed by atoms with Crippen LogP contribution in [0.15, 0.2) is 24.3 Å². The maximum absolute atomic E-state index is 12.9. The summed E-state index contributed by atoms with van der Waals surface area (Å²) >= 11 is 7.35. The minimum atomic E-state index is -4.27. The van der Waals surface area contributed by atoms with E-state index < -0.39 is 18.1 Å². The second-order valence-electron chi connectivity index (χ2n) is 6.50. The second kappa shape index (κ2) is 8.06. The van der Waals surface area contributed by atoms with Crippen LogP contribution in [0.25, 0.3) is 11.3 Å². The molecule has 3 rings (SSSR count). The van der Waals surface area contributed by atoms with Gasteiger partial charge in [-0.2, -0.15) is 13.2 Å². The highest BCUT2D eigenvalue weighted by Crippen LogP contribution is 2.33. The van der Waals surface area contributed by atoms with Crippen LogP contribution in [-0.4, -0.2) is 35.2 Å². The van der Waals surface area contributed by atoms with Crippen LogP contribution in [0.4, 0.5) is 18.0 Å². The standard InChI is InChI=1S/C18H19ClF3N3OS/c1-11-16(12-4-6-14(19)7-5-12)24-15(27-11)9-23-17(26)25-8-2-3-13(10-25)18(20,21)22/h4-7,13H,2-3,8-10H2,1H3,(H,23,26)/t13-/m0/s1. The molecule has 2 amide bonds. The molecule has 0 unspecified atom stereocenters. The van der Waals surface area contributed by atoms with E-state index in [-0.39, 0.29) is 19.5 Å². The third-order valence-electron chi connectivity index (χ3n) is 4.52. The van der Waals surface area contributed by atoms with E-state index in [0.29, 0.717) is 23.0 Å². The number of amides is 2. The normalized spacial score (nSPS) is 17.8. The van der Waals surface area contributed by atoms with Crippen molar-refractivity contribution in [3.8, 4) is 11.3 Å². The van der Waals surface area contributed by atoms with E-state index in [9.17, 15) is 18.0 Å². The van der Waals surface area contributed by atoms with Gasteiger partial charge in [0.25, 0.3) is 0 Å². The molecule has 146 valence electrons. The lowest BCUT2D eigenvalue weighted by Gasteiger charge is -2.33. The van der Waals surface area contributed by atoms with Crippen molar-refractivity contribution >= 4 is 29.0 Å². The van der Waals surface area contributed by atoms with E-state index in [2.05, 4.69) is 10.3 Å². The summed E-state index contributed by atoms with van der Waals surface area (Å²) in [4.78, 5) is 19.0. The number of carbonyl (C=O) groups is 1. The van der Waals surface area contributed by atoms with Crippen molar-refractivity contribution < 1.29 is 18.0 Å². The number of nitrogens with zero attached hydrogens (tertiary/aromatic N) is 2. The van der Waals surface area contributed by atoms with Crippen LogP contribution in [0.5, 0.6) is 0 Å². The van der Waals surface area contributed by atoms with Crippen LogP contribution in [0.1, 0.15) is 22.7 Å². The summed E-state index contributed by atoms with van der Waals surface area (Å²) < 4.78 is 38.7. The molecular weight excluding hydrogens is 399 g/mol. The Kier molecular flexibility index (Phi) is 5.95. The molecule has 1 aromatic heterocycles. The van der Waals surface area contributed by atoms with Gasteiger partial charge in [0.2, 0.25) is 0 Å². The minimum absolute atomic E-state index is 0.0728. The number of urea groups is 1. The molecule has 0 spiro atoms. The highest BCUT2D eigenvalue weighted by atomic mass is 35.5. The summed E-state index contributed by atoms with van der Waals surface area (Å²) in [6.07, 6.45) is -3.84. The van der Waals surface area contributed by atoms with E-state index in [1.54, 1.807) is 12.1 Å². The molecule has 1 aliphatic rings. The fourth-order valence-electron chi connectivity index (χ4n) is 3.09. The summed E-state index contributed by atoms with van der Waals surface area (Å²) in [6.45, 7) is 2.17. The van der Waals surface area contributed by atoms with Crippen molar-refractivity contribution in [1.82, 2.24) is 15.2 Å². The van der Waals surface area contributed by atoms with Crippen LogP contribution < -0.4 is 5.32 Å². The van der Waals surface area contributed by atoms with Gasteiger partial charge in [-0.15, -0.1) is 11.3 Å². The van der Waals surface area contributed by atoms with E-state index >= 15 is 0 Å². The molecule has 2 aromatic rings. The van der Waals surface area contributed by atoms with E-state index in [0.717, 1.165) is 16.1 Å². The first-order valence-corrected chi connectivity index (χ1v) is 9.75. The number of thiazole rings is 1. The predicted molar refractivity (Wildman–Crippen MR) is 99.9 cm³/mol. The molecule has 0 saturated carbocycles. The lowest BCUT2D eigenvalue weighted by molar-refractivity contribution is -0.184. The van der Waals surface area contributed by atoms with Crippen molar-refractivity contribution in [2.45, 2.75) is 32.5 Å². The van der Waals surface area contributed by atoms with Gasteiger partial charge in [-0.1, -0.05) is 23.7 Å². The van der Waals surface area contributed by atoms with Crippen LogP contribution in [0, 0.1) is 12.8 Å². The van der Waals surface area contributed by atoms with Crippen molar-refractivity contribution in [1.29, 1.82) is 0 Å². The molecule has 0 aliphatic carbocycles. The van der Waals surface area contributed by atoms with Gasteiger partial charge in [0.15, 0.2) is 0 Å². The van der Waals surface area contributed by atoms with Gasteiger partial charge >= 0.3 is 12.2 Å². The largest absolute Gasteiger partial charge is 0.393 e. The molecule has 1 aromatic carbocycles. The van der Waals surface area contributed by atoms with Crippen molar-refractivity contribution in [2.75, 3.05) is 13.1 Å². The molecular formula is C18H19ClF3N3OS. The average Bonchev–Trinajstić information content (AvgIpc) is 3.00. The minimum Gasteiger partial charge on any atom is -0.331 e. The lowest BCUT2D eigenvalue weighted by Crippen LogP contribution is -2.48.